The van der Waals surface area contributed by atoms with E-state index in [2.05, 4.69) is 4.99 Å². The predicted molar refractivity (Wildman–Crippen MR) is 43.5 cm³/mol. The summed E-state index contributed by atoms with van der Waals surface area (Å²) in [7, 11) is 8.89. The van der Waals surface area contributed by atoms with Gasteiger partial charge in [0.2, 0.25) is 0 Å². The van der Waals surface area contributed by atoms with Gasteiger partial charge in [-0.1, -0.05) is 0 Å². The van der Waals surface area contributed by atoms with Crippen LogP contribution in [-0.4, -0.2) is 16.6 Å². The molecule has 6 heteroatoms. The molecule has 3 nitrogen and oxygen atoms in total. The van der Waals surface area contributed by atoms with Gasteiger partial charge < -0.3 is 5.11 Å². The van der Waals surface area contributed by atoms with Gasteiger partial charge in [-0.2, -0.15) is 0 Å². The van der Waals surface area contributed by atoms with E-state index in [-0.39, 0.29) is 4.91 Å². The van der Waals surface area contributed by atoms with Crippen LogP contribution in [0.3, 0.4) is 0 Å². The van der Waals surface area contributed by atoms with Crippen LogP contribution in [0.4, 0.5) is 0 Å². The minimum Gasteiger partial charge on any atom is -0.477 e. The molecule has 0 atom stereocenters. The summed E-state index contributed by atoms with van der Waals surface area (Å²) >= 11 is 0. The number of halogens is 2. The van der Waals surface area contributed by atoms with E-state index in [1.807, 2.05) is 0 Å². The molecule has 0 aliphatic carbocycles. The molecule has 56 valence electrons. The molecule has 0 aromatic rings. The van der Waals surface area contributed by atoms with Gasteiger partial charge in [-0.15, -0.1) is 0 Å². The van der Waals surface area contributed by atoms with Crippen molar-refractivity contribution in [2.75, 3.05) is 0 Å². The van der Waals surface area contributed by atoms with Crippen LogP contribution in [0.1, 0.15) is 0 Å². The van der Waals surface area contributed by atoms with Crippen molar-refractivity contribution in [3.05, 3.63) is 11.1 Å². The largest absolute Gasteiger partial charge is 0.477 e. The normalized spacial score (nSPS) is 24.0. The third-order valence-electron chi connectivity index (χ3n) is 0.889. The lowest BCUT2D eigenvalue weighted by atomic mass is 10.6. The maximum atomic E-state index is 10.3. The van der Waals surface area contributed by atoms with Gasteiger partial charge in [0.15, 0.2) is 0 Å². The summed E-state index contributed by atoms with van der Waals surface area (Å²) in [5.74, 6) is -1.11. The van der Waals surface area contributed by atoms with Gasteiger partial charge >= 0.3 is 5.97 Å². The van der Waals surface area contributed by atoms with Gasteiger partial charge in [0.25, 0.3) is 0 Å². The maximum Gasteiger partial charge on any atom is 0.344 e. The molecule has 0 fully saturated rings. The number of nitrogens with zero attached hydrogens (tertiary/aromatic N) is 1. The standard InChI is InChI=1S/C4H3Cl2NO2S/c5-10(6)2-7-1-3(10)4(8)9/h1-2H,(H,8,9). The number of aliphatic carboxylic acids is 1. The highest BCUT2D eigenvalue weighted by atomic mass is 36.0. The molecule has 1 aliphatic rings. The van der Waals surface area contributed by atoms with E-state index in [0.29, 0.717) is 0 Å². The average Bonchev–Trinajstić information content (AvgIpc) is 2.08. The Morgan fingerprint density at radius 1 is 1.70 bits per heavy atom. The number of carbonyl (C=O) groups is 1. The summed E-state index contributed by atoms with van der Waals surface area (Å²) in [4.78, 5) is 13.8. The van der Waals surface area contributed by atoms with Crippen molar-refractivity contribution >= 4 is 41.3 Å². The predicted octanol–water partition coefficient (Wildman–Crippen LogP) is 2.07. The quantitative estimate of drug-likeness (QED) is 0.704. The molecule has 1 rings (SSSR count). The zero-order valence-electron chi connectivity index (χ0n) is 4.62. The van der Waals surface area contributed by atoms with Gasteiger partial charge in [0.1, 0.15) is 4.91 Å². The van der Waals surface area contributed by atoms with Gasteiger partial charge in [0, 0.05) is 6.20 Å². The first-order chi connectivity index (χ1) is 4.54. The number of aliphatic imine (C=N–C) groups is 1. The zero-order valence-corrected chi connectivity index (χ0v) is 6.95. The van der Waals surface area contributed by atoms with Crippen LogP contribution in [0, 0.1) is 0 Å². The molecular formula is C4H3Cl2NO2S. The minimum absolute atomic E-state index is 0.0316. The molecular weight excluding hydrogens is 197 g/mol. The second-order valence-electron chi connectivity index (χ2n) is 1.56. The first kappa shape index (κ1) is 7.91. The fraction of sp³-hybridized carbons (Fsp3) is 0. The van der Waals surface area contributed by atoms with Crippen molar-refractivity contribution in [1.82, 2.24) is 0 Å². The van der Waals surface area contributed by atoms with Gasteiger partial charge in [-0.05, 0) is 29.8 Å². The summed E-state index contributed by atoms with van der Waals surface area (Å²) in [5.41, 5.74) is 1.25. The maximum absolute atomic E-state index is 10.3. The van der Waals surface area contributed by atoms with Crippen LogP contribution < -0.4 is 0 Å². The summed E-state index contributed by atoms with van der Waals surface area (Å²) < 4.78 is 0. The van der Waals surface area contributed by atoms with E-state index in [1.54, 1.807) is 0 Å². The van der Waals surface area contributed by atoms with Gasteiger partial charge in [-0.3, -0.25) is 4.99 Å². The summed E-state index contributed by atoms with van der Waals surface area (Å²) in [6.45, 7) is 0. The lowest BCUT2D eigenvalue weighted by Gasteiger charge is -2.13. The van der Waals surface area contributed by atoms with Crippen molar-refractivity contribution in [2.45, 2.75) is 0 Å². The highest BCUT2D eigenvalue weighted by Gasteiger charge is 2.30. The Morgan fingerprint density at radius 2 is 2.30 bits per heavy atom. The molecule has 0 amide bonds. The van der Waals surface area contributed by atoms with Crippen LogP contribution in [-0.2, 0) is 4.79 Å². The highest BCUT2D eigenvalue weighted by molar-refractivity contribution is 8.76. The Labute approximate surface area is 67.7 Å². The molecule has 0 aromatic carbocycles. The molecule has 0 bridgehead atoms. The first-order valence-corrected chi connectivity index (χ1v) is 5.58. The average molecular weight is 200 g/mol. The lowest BCUT2D eigenvalue weighted by Crippen LogP contribution is -2.00. The van der Waals surface area contributed by atoms with Crippen LogP contribution in [0.15, 0.2) is 16.1 Å². The molecule has 1 aliphatic heterocycles. The lowest BCUT2D eigenvalue weighted by molar-refractivity contribution is -0.131. The number of carboxylic acid groups (broad SMARTS) is 1. The Hall–Kier alpha value is -0.190. The van der Waals surface area contributed by atoms with Crippen molar-refractivity contribution in [3.63, 3.8) is 0 Å². The van der Waals surface area contributed by atoms with E-state index in [1.165, 1.54) is 5.55 Å². The smallest absolute Gasteiger partial charge is 0.344 e. The first-order valence-electron chi connectivity index (χ1n) is 2.23. The van der Waals surface area contributed by atoms with Crippen LogP contribution in [0.5, 0.6) is 0 Å². The van der Waals surface area contributed by atoms with Gasteiger partial charge in [0.05, 0.1) is 5.55 Å². The van der Waals surface area contributed by atoms with Crippen LogP contribution in [0.2, 0.25) is 0 Å². The zero-order chi connectivity index (χ0) is 7.78. The molecule has 0 saturated carbocycles. The highest BCUT2D eigenvalue weighted by Crippen LogP contribution is 2.64. The van der Waals surface area contributed by atoms with Crippen molar-refractivity contribution in [3.8, 4) is 0 Å². The molecule has 1 N–H and O–H groups in total. The van der Waals surface area contributed by atoms with E-state index in [4.69, 9.17) is 26.5 Å². The molecule has 0 radical (unpaired) electrons. The second kappa shape index (κ2) is 2.45. The fourth-order valence-corrected chi connectivity index (χ4v) is 2.15. The van der Waals surface area contributed by atoms with Crippen LogP contribution >= 0.6 is 29.8 Å². The van der Waals surface area contributed by atoms with E-state index >= 15 is 0 Å². The summed E-state index contributed by atoms with van der Waals surface area (Å²) in [6.07, 6.45) is 1.16. The third kappa shape index (κ3) is 1.28. The Bertz CT molecular complexity index is 235. The molecule has 0 spiro atoms. The summed E-state index contributed by atoms with van der Waals surface area (Å²) in [5, 5.41) is 8.45. The van der Waals surface area contributed by atoms with E-state index in [9.17, 15) is 4.79 Å². The third-order valence-corrected chi connectivity index (χ3v) is 3.62. The topological polar surface area (TPSA) is 49.7 Å². The monoisotopic (exact) mass is 199 g/mol. The Kier molecular flexibility index (Phi) is 1.94. The summed E-state index contributed by atoms with van der Waals surface area (Å²) in [6, 6.07) is 0. The number of rotatable bonds is 1. The second-order valence-corrected chi connectivity index (χ2v) is 6.62. The number of hydrogen-bond donors (Lipinski definition) is 1. The Balaban J connectivity index is 2.93. The van der Waals surface area contributed by atoms with Crippen molar-refractivity contribution < 1.29 is 9.90 Å². The molecule has 0 aromatic heterocycles. The van der Waals surface area contributed by atoms with Crippen molar-refractivity contribution in [1.29, 1.82) is 0 Å². The van der Waals surface area contributed by atoms with Crippen LogP contribution in [0.25, 0.3) is 0 Å². The Morgan fingerprint density at radius 3 is 2.50 bits per heavy atom. The molecule has 10 heavy (non-hydrogen) atoms. The van der Waals surface area contributed by atoms with Crippen molar-refractivity contribution in [2.24, 2.45) is 4.99 Å². The number of hydrogen-bond acceptors (Lipinski definition) is 2. The minimum atomic E-state index is -2.27. The SMILES string of the molecule is O=C(O)C1=CN=CS1(Cl)Cl. The van der Waals surface area contributed by atoms with E-state index < -0.39 is 14.4 Å². The van der Waals surface area contributed by atoms with E-state index in [0.717, 1.165) is 6.20 Å². The molecule has 0 saturated heterocycles. The van der Waals surface area contributed by atoms with Gasteiger partial charge in [-0.25, -0.2) is 4.79 Å². The fourth-order valence-electron chi connectivity index (χ4n) is 0.473. The molecule has 0 unspecified atom stereocenters. The number of carboxylic acids is 1. The molecule has 1 heterocycles.